The van der Waals surface area contributed by atoms with Crippen molar-refractivity contribution in [2.75, 3.05) is 6.54 Å². The number of sulfonamides is 1. The van der Waals surface area contributed by atoms with Crippen LogP contribution in [0.5, 0.6) is 0 Å². The molecule has 0 saturated carbocycles. The molecule has 0 atom stereocenters. The van der Waals surface area contributed by atoms with Crippen LogP contribution in [0.4, 0.5) is 0 Å². The maximum Gasteiger partial charge on any atom is 0.216 e. The van der Waals surface area contributed by atoms with Gasteiger partial charge in [-0.25, -0.2) is 18.1 Å². The summed E-state index contributed by atoms with van der Waals surface area (Å²) in [7, 11) is -3.39. The smallest absolute Gasteiger partial charge is 0.216 e. The van der Waals surface area contributed by atoms with Crippen molar-refractivity contribution in [1.29, 1.82) is 0 Å². The second-order valence-corrected chi connectivity index (χ2v) is 9.17. The summed E-state index contributed by atoms with van der Waals surface area (Å²) in [5.74, 6) is 0.601. The van der Waals surface area contributed by atoms with Crippen molar-refractivity contribution in [3.05, 3.63) is 70.2 Å². The summed E-state index contributed by atoms with van der Waals surface area (Å²) in [6.07, 6.45) is 0. The molecule has 0 spiro atoms. The van der Waals surface area contributed by atoms with E-state index in [4.69, 9.17) is 11.6 Å². The van der Waals surface area contributed by atoms with E-state index in [9.17, 15) is 8.42 Å². The standard InChI is InChI=1S/C21H29ClN4O2S.HI/c1-4-23-21(24-13-17-8-7-11-20(22)12-17)25-14-18-9-5-6-10-19(18)15-29(27,28)26-16(2)3;/h5-12,16,26H,4,13-15H2,1-3H3,(H2,23,24,25);1H. The Bertz CT molecular complexity index is 936. The van der Waals surface area contributed by atoms with Crippen LogP contribution in [-0.2, 0) is 28.9 Å². The molecule has 0 aliphatic rings. The molecule has 0 fully saturated rings. The van der Waals surface area contributed by atoms with Gasteiger partial charge in [0, 0.05) is 24.2 Å². The highest BCUT2D eigenvalue weighted by Gasteiger charge is 2.15. The highest BCUT2D eigenvalue weighted by Crippen LogP contribution is 2.13. The molecule has 0 bridgehead atoms. The van der Waals surface area contributed by atoms with E-state index < -0.39 is 10.0 Å². The second kappa shape index (κ2) is 13.1. The first-order valence-electron chi connectivity index (χ1n) is 9.62. The third kappa shape index (κ3) is 9.63. The first-order valence-corrected chi connectivity index (χ1v) is 11.7. The zero-order valence-electron chi connectivity index (χ0n) is 17.5. The highest BCUT2D eigenvalue weighted by molar-refractivity contribution is 14.0. The van der Waals surface area contributed by atoms with Crippen molar-refractivity contribution in [3.8, 4) is 0 Å². The lowest BCUT2D eigenvalue weighted by Crippen LogP contribution is -2.37. The molecule has 2 rings (SSSR count). The molecule has 0 heterocycles. The summed E-state index contributed by atoms with van der Waals surface area (Å²) in [5, 5.41) is 7.17. The molecule has 0 aromatic heterocycles. The molecular weight excluding hydrogens is 535 g/mol. The summed E-state index contributed by atoms with van der Waals surface area (Å²) in [6, 6.07) is 15.0. The molecule has 0 unspecified atom stereocenters. The molecule has 9 heteroatoms. The predicted molar refractivity (Wildman–Crippen MR) is 136 cm³/mol. The lowest BCUT2D eigenvalue weighted by atomic mass is 10.1. The van der Waals surface area contributed by atoms with Gasteiger partial charge in [0.05, 0.1) is 12.3 Å². The predicted octanol–water partition coefficient (Wildman–Crippen LogP) is 4.04. The molecular formula is C21H30ClIN4O2S. The molecule has 0 radical (unpaired) electrons. The normalized spacial score (nSPS) is 11.8. The van der Waals surface area contributed by atoms with Crippen molar-refractivity contribution in [2.45, 2.75) is 45.7 Å². The van der Waals surface area contributed by atoms with E-state index in [0.29, 0.717) is 24.1 Å². The van der Waals surface area contributed by atoms with E-state index in [1.807, 2.05) is 69.3 Å². The van der Waals surface area contributed by atoms with Gasteiger partial charge in [0.1, 0.15) is 0 Å². The number of nitrogens with one attached hydrogen (secondary N) is 3. The van der Waals surface area contributed by atoms with Gasteiger partial charge >= 0.3 is 0 Å². The molecule has 3 N–H and O–H groups in total. The van der Waals surface area contributed by atoms with Crippen LogP contribution in [0.15, 0.2) is 53.5 Å². The number of nitrogens with zero attached hydrogens (tertiary/aromatic N) is 1. The summed E-state index contributed by atoms with van der Waals surface area (Å²) in [5.41, 5.74) is 2.69. The fourth-order valence-corrected chi connectivity index (χ4v) is 4.51. The number of halogens is 2. The van der Waals surface area contributed by atoms with Gasteiger partial charge in [-0.05, 0) is 49.6 Å². The van der Waals surface area contributed by atoms with Gasteiger partial charge in [-0.3, -0.25) is 0 Å². The lowest BCUT2D eigenvalue weighted by Gasteiger charge is -2.15. The molecule has 2 aromatic rings. The molecule has 6 nitrogen and oxygen atoms in total. The van der Waals surface area contributed by atoms with Crippen LogP contribution >= 0.6 is 35.6 Å². The van der Waals surface area contributed by atoms with Crippen LogP contribution in [0.25, 0.3) is 0 Å². The Labute approximate surface area is 202 Å². The van der Waals surface area contributed by atoms with Gasteiger partial charge in [-0.2, -0.15) is 0 Å². The van der Waals surface area contributed by atoms with E-state index in [-0.39, 0.29) is 35.8 Å². The maximum absolute atomic E-state index is 12.3. The fraction of sp³-hybridized carbons (Fsp3) is 0.381. The van der Waals surface area contributed by atoms with Crippen LogP contribution in [0, 0.1) is 0 Å². The monoisotopic (exact) mass is 564 g/mol. The minimum atomic E-state index is -3.39. The Kier molecular flexibility index (Phi) is 11.7. The summed E-state index contributed by atoms with van der Waals surface area (Å²) in [4.78, 5) is 4.59. The van der Waals surface area contributed by atoms with Crippen molar-refractivity contribution in [3.63, 3.8) is 0 Å². The van der Waals surface area contributed by atoms with E-state index in [1.165, 1.54) is 0 Å². The molecule has 0 aliphatic heterocycles. The minimum absolute atomic E-state index is 0. The Morgan fingerprint density at radius 3 is 2.40 bits per heavy atom. The van der Waals surface area contributed by atoms with E-state index in [0.717, 1.165) is 23.2 Å². The van der Waals surface area contributed by atoms with Crippen molar-refractivity contribution >= 4 is 51.6 Å². The van der Waals surface area contributed by atoms with Gasteiger partial charge < -0.3 is 10.6 Å². The molecule has 0 amide bonds. The number of guanidine groups is 1. The SMILES string of the molecule is CCNC(=NCc1cccc(Cl)c1)NCc1ccccc1CS(=O)(=O)NC(C)C.I. The number of hydrogen-bond donors (Lipinski definition) is 3. The summed E-state index contributed by atoms with van der Waals surface area (Å²) in [6.45, 7) is 7.29. The molecule has 0 saturated heterocycles. The van der Waals surface area contributed by atoms with Crippen molar-refractivity contribution in [1.82, 2.24) is 15.4 Å². The topological polar surface area (TPSA) is 82.6 Å². The third-order valence-electron chi connectivity index (χ3n) is 3.98. The largest absolute Gasteiger partial charge is 0.357 e. The third-order valence-corrected chi connectivity index (χ3v) is 5.74. The average Bonchev–Trinajstić information content (AvgIpc) is 2.63. The number of benzene rings is 2. The number of rotatable bonds is 9. The maximum atomic E-state index is 12.3. The van der Waals surface area contributed by atoms with Gasteiger partial charge in [0.15, 0.2) is 5.96 Å². The zero-order chi connectivity index (χ0) is 21.3. The molecule has 2 aromatic carbocycles. The molecule has 0 aliphatic carbocycles. The van der Waals surface area contributed by atoms with Gasteiger partial charge in [-0.1, -0.05) is 48.0 Å². The summed E-state index contributed by atoms with van der Waals surface area (Å²) < 4.78 is 27.3. The Hall–Kier alpha value is -1.36. The molecule has 166 valence electrons. The van der Waals surface area contributed by atoms with Crippen LogP contribution in [0.3, 0.4) is 0 Å². The van der Waals surface area contributed by atoms with Gasteiger partial charge in [-0.15, -0.1) is 24.0 Å². The highest BCUT2D eigenvalue weighted by atomic mass is 127. The first kappa shape index (κ1) is 26.7. The Morgan fingerprint density at radius 2 is 1.77 bits per heavy atom. The fourth-order valence-electron chi connectivity index (χ4n) is 2.80. The van der Waals surface area contributed by atoms with Crippen LogP contribution in [-0.4, -0.2) is 27.0 Å². The first-order chi connectivity index (χ1) is 13.8. The zero-order valence-corrected chi connectivity index (χ0v) is 21.4. The van der Waals surface area contributed by atoms with Crippen LogP contribution in [0.2, 0.25) is 5.02 Å². The van der Waals surface area contributed by atoms with Crippen LogP contribution in [0.1, 0.15) is 37.5 Å². The Morgan fingerprint density at radius 1 is 1.07 bits per heavy atom. The van der Waals surface area contributed by atoms with E-state index >= 15 is 0 Å². The van der Waals surface area contributed by atoms with Gasteiger partial charge in [0.25, 0.3) is 0 Å². The lowest BCUT2D eigenvalue weighted by molar-refractivity contribution is 0.568. The number of aliphatic imine (C=N–C) groups is 1. The van der Waals surface area contributed by atoms with Crippen molar-refractivity contribution < 1.29 is 8.42 Å². The second-order valence-electron chi connectivity index (χ2n) is 6.98. The average molecular weight is 565 g/mol. The molecule has 30 heavy (non-hydrogen) atoms. The quantitative estimate of drug-likeness (QED) is 0.244. The summed E-state index contributed by atoms with van der Waals surface area (Å²) >= 11 is 6.03. The van der Waals surface area contributed by atoms with E-state index in [2.05, 4.69) is 20.3 Å². The van der Waals surface area contributed by atoms with Gasteiger partial charge in [0.2, 0.25) is 10.0 Å². The minimum Gasteiger partial charge on any atom is -0.357 e. The van der Waals surface area contributed by atoms with E-state index in [1.54, 1.807) is 0 Å². The Balaban J connectivity index is 0.00000450. The van der Waals surface area contributed by atoms with Crippen molar-refractivity contribution in [2.24, 2.45) is 4.99 Å². The number of hydrogen-bond acceptors (Lipinski definition) is 3. The van der Waals surface area contributed by atoms with Crippen LogP contribution < -0.4 is 15.4 Å².